The Bertz CT molecular complexity index is 1670. The first-order valence-corrected chi connectivity index (χ1v) is 14.6. The van der Waals surface area contributed by atoms with Gasteiger partial charge in [0.15, 0.2) is 5.78 Å². The number of Topliss-reactive ketones (excluding diaryl/α,β-unsaturated/α-hetero) is 1. The van der Waals surface area contributed by atoms with Crippen LogP contribution >= 0.6 is 11.6 Å². The third-order valence-corrected chi connectivity index (χ3v) is 8.10. The predicted octanol–water partition coefficient (Wildman–Crippen LogP) is 6.01. The van der Waals surface area contributed by atoms with Gasteiger partial charge < -0.3 is 19.9 Å². The Balaban J connectivity index is 1.82. The molecule has 0 fully saturated rings. The smallest absolute Gasteiger partial charge is 0.338 e. The molecule has 0 saturated carbocycles. The van der Waals surface area contributed by atoms with Crippen LogP contribution in [0.15, 0.2) is 95.5 Å². The van der Waals surface area contributed by atoms with Crippen LogP contribution in [0.25, 0.3) is 0 Å². The van der Waals surface area contributed by atoms with E-state index in [2.05, 4.69) is 0 Å². The first-order valence-electron chi connectivity index (χ1n) is 14.3. The largest absolute Gasteiger partial charge is 0.497 e. The Hall–Kier alpha value is -4.63. The summed E-state index contributed by atoms with van der Waals surface area (Å²) in [4.78, 5) is 43.6. The third kappa shape index (κ3) is 5.67. The summed E-state index contributed by atoms with van der Waals surface area (Å²) < 4.78 is 30.4. The lowest BCUT2D eigenvalue weighted by Gasteiger charge is -2.44. The van der Waals surface area contributed by atoms with Gasteiger partial charge in [0, 0.05) is 27.9 Å². The van der Waals surface area contributed by atoms with Crippen molar-refractivity contribution in [2.45, 2.75) is 32.1 Å². The fraction of sp³-hybridized carbons (Fsp3) is 0.265. The van der Waals surface area contributed by atoms with E-state index in [1.165, 1.54) is 31.4 Å². The van der Waals surface area contributed by atoms with E-state index in [9.17, 15) is 18.8 Å². The van der Waals surface area contributed by atoms with E-state index < -0.39 is 41.3 Å². The van der Waals surface area contributed by atoms with Gasteiger partial charge in [0.05, 0.1) is 31.8 Å². The van der Waals surface area contributed by atoms with E-state index in [4.69, 9.17) is 31.5 Å². The fourth-order valence-corrected chi connectivity index (χ4v) is 6.23. The number of allylic oxidation sites excluding steroid dienone is 2. The highest BCUT2D eigenvalue weighted by molar-refractivity contribution is 6.30. The highest BCUT2D eigenvalue weighted by atomic mass is 35.5. The van der Waals surface area contributed by atoms with Crippen molar-refractivity contribution in [2.75, 3.05) is 25.2 Å². The van der Waals surface area contributed by atoms with Crippen LogP contribution in [0.1, 0.15) is 43.2 Å². The molecule has 2 N–H and O–H groups in total. The Labute approximate surface area is 259 Å². The van der Waals surface area contributed by atoms with Crippen LogP contribution in [0.4, 0.5) is 10.1 Å². The number of carbonyl (C=O) groups excluding carboxylic acids is 3. The predicted molar refractivity (Wildman–Crippen MR) is 163 cm³/mol. The van der Waals surface area contributed by atoms with Crippen molar-refractivity contribution in [3.63, 3.8) is 0 Å². The molecule has 0 bridgehead atoms. The van der Waals surface area contributed by atoms with Gasteiger partial charge in [-0.15, -0.1) is 0 Å². The summed E-state index contributed by atoms with van der Waals surface area (Å²) in [6, 6.07) is 19.5. The van der Waals surface area contributed by atoms with Gasteiger partial charge >= 0.3 is 11.9 Å². The number of nitrogens with zero attached hydrogens (tertiary/aromatic N) is 1. The number of hydrogen-bond acceptors (Lipinski definition) is 8. The number of hydrogen-bond donors (Lipinski definition) is 1. The standard InChI is InChI=1S/C34H32ClFN2O6/c1-4-43-33(40)28-25(19-8-7-11-24(17-19)42-3)18-26-29(31(28)39)27(20-9-6-10-21(35)16-20)30(34(41)44-5-2)32(37)38(26)23-14-12-22(36)13-15-23/h6-17,25,27-28H,4-5,18,37H2,1-3H3/t25-,27+,28+/m1/s1. The number of ketones is 1. The Morgan fingerprint density at radius 1 is 0.977 bits per heavy atom. The highest BCUT2D eigenvalue weighted by Crippen LogP contribution is 2.52. The van der Waals surface area contributed by atoms with Crippen molar-refractivity contribution in [3.05, 3.63) is 117 Å². The number of anilines is 1. The maximum Gasteiger partial charge on any atom is 0.338 e. The molecule has 1 aliphatic carbocycles. The molecule has 1 aliphatic heterocycles. The lowest BCUT2D eigenvalue weighted by molar-refractivity contribution is -0.152. The molecule has 3 atom stereocenters. The van der Waals surface area contributed by atoms with Gasteiger partial charge in [-0.1, -0.05) is 35.9 Å². The van der Waals surface area contributed by atoms with Crippen molar-refractivity contribution < 1.29 is 33.0 Å². The summed E-state index contributed by atoms with van der Waals surface area (Å²) in [6.07, 6.45) is 0.156. The first-order chi connectivity index (χ1) is 21.2. The molecule has 0 amide bonds. The second-order valence-electron chi connectivity index (χ2n) is 10.4. The third-order valence-electron chi connectivity index (χ3n) is 7.86. The maximum absolute atomic E-state index is 14.8. The van der Waals surface area contributed by atoms with Crippen LogP contribution < -0.4 is 15.4 Å². The maximum atomic E-state index is 14.8. The molecule has 10 heteroatoms. The van der Waals surface area contributed by atoms with E-state index in [1.54, 1.807) is 61.2 Å². The molecule has 0 unspecified atom stereocenters. The SMILES string of the molecule is CCOC(=O)C1=C(N)N(c2ccc(F)cc2)C2=C(C(=O)[C@@H](C(=O)OCC)[C@@H](c3cccc(OC)c3)C2)[C@@H]1c1cccc(Cl)c1. The lowest BCUT2D eigenvalue weighted by atomic mass is 9.67. The van der Waals surface area contributed by atoms with Crippen molar-refractivity contribution in [2.24, 2.45) is 11.7 Å². The summed E-state index contributed by atoms with van der Waals surface area (Å²) in [5, 5.41) is 0.381. The molecule has 3 aromatic carbocycles. The van der Waals surface area contributed by atoms with Gasteiger partial charge in [-0.25, -0.2) is 9.18 Å². The molecule has 8 nitrogen and oxygen atoms in total. The number of methoxy groups -OCH3 is 1. The minimum Gasteiger partial charge on any atom is -0.497 e. The van der Waals surface area contributed by atoms with Crippen molar-refractivity contribution in [1.82, 2.24) is 0 Å². The molecule has 0 aromatic heterocycles. The summed E-state index contributed by atoms with van der Waals surface area (Å²) >= 11 is 6.40. The van der Waals surface area contributed by atoms with Gasteiger partial charge in [0.1, 0.15) is 23.3 Å². The van der Waals surface area contributed by atoms with E-state index in [-0.39, 0.29) is 36.6 Å². The molecule has 0 radical (unpaired) electrons. The van der Waals surface area contributed by atoms with Crippen LogP contribution in [0.2, 0.25) is 5.02 Å². The van der Waals surface area contributed by atoms with E-state index in [0.29, 0.717) is 33.3 Å². The number of benzene rings is 3. The topological polar surface area (TPSA) is 108 Å². The zero-order chi connectivity index (χ0) is 31.5. The second-order valence-corrected chi connectivity index (χ2v) is 10.8. The number of ether oxygens (including phenoxy) is 3. The number of halogens is 2. The molecule has 0 saturated heterocycles. The summed E-state index contributed by atoms with van der Waals surface area (Å²) in [5.41, 5.74) is 9.12. The number of esters is 2. The molecule has 3 aromatic rings. The normalized spacial score (nSPS) is 19.9. The Morgan fingerprint density at radius 3 is 2.32 bits per heavy atom. The minimum atomic E-state index is -1.24. The van der Waals surface area contributed by atoms with Gasteiger partial charge in [0.2, 0.25) is 0 Å². The van der Waals surface area contributed by atoms with Crippen molar-refractivity contribution >= 4 is 35.0 Å². The lowest BCUT2D eigenvalue weighted by Crippen LogP contribution is -2.46. The van der Waals surface area contributed by atoms with E-state index in [0.717, 1.165) is 0 Å². The molecule has 228 valence electrons. The average molecular weight is 619 g/mol. The zero-order valence-corrected chi connectivity index (χ0v) is 25.3. The summed E-state index contributed by atoms with van der Waals surface area (Å²) in [7, 11) is 1.53. The first kappa shape index (κ1) is 30.8. The zero-order valence-electron chi connectivity index (χ0n) is 24.5. The number of rotatable bonds is 8. The van der Waals surface area contributed by atoms with Gasteiger partial charge in [-0.05, 0) is 79.9 Å². The Morgan fingerprint density at radius 2 is 1.66 bits per heavy atom. The van der Waals surface area contributed by atoms with Crippen LogP contribution in [-0.4, -0.2) is 38.0 Å². The molecule has 44 heavy (non-hydrogen) atoms. The van der Waals surface area contributed by atoms with Crippen LogP contribution in [0.3, 0.4) is 0 Å². The van der Waals surface area contributed by atoms with E-state index >= 15 is 0 Å². The summed E-state index contributed by atoms with van der Waals surface area (Å²) in [6.45, 7) is 3.46. The van der Waals surface area contributed by atoms with E-state index in [1.807, 2.05) is 6.07 Å². The van der Waals surface area contributed by atoms with Gasteiger partial charge in [0.25, 0.3) is 0 Å². The number of carbonyl (C=O) groups is 3. The Kier molecular flexibility index (Phi) is 9.06. The molecule has 0 spiro atoms. The quantitative estimate of drug-likeness (QED) is 0.241. The molecular formula is C34H32ClFN2O6. The highest BCUT2D eigenvalue weighted by Gasteiger charge is 2.51. The number of nitrogens with two attached hydrogens (primary N) is 1. The van der Waals surface area contributed by atoms with Gasteiger partial charge in [-0.2, -0.15) is 0 Å². The van der Waals surface area contributed by atoms with Crippen molar-refractivity contribution in [1.29, 1.82) is 0 Å². The minimum absolute atomic E-state index is 0.00739. The van der Waals surface area contributed by atoms with Crippen molar-refractivity contribution in [3.8, 4) is 5.75 Å². The summed E-state index contributed by atoms with van der Waals surface area (Å²) in [5.74, 6) is -4.75. The van der Waals surface area contributed by atoms with Crippen LogP contribution in [0, 0.1) is 11.7 Å². The monoisotopic (exact) mass is 618 g/mol. The molecule has 2 aliphatic rings. The van der Waals surface area contributed by atoms with Crippen LogP contribution in [0.5, 0.6) is 5.75 Å². The van der Waals surface area contributed by atoms with Gasteiger partial charge in [-0.3, -0.25) is 14.5 Å². The molecular weight excluding hydrogens is 587 g/mol. The molecule has 5 rings (SSSR count). The average Bonchev–Trinajstić information content (AvgIpc) is 3.01. The fourth-order valence-electron chi connectivity index (χ4n) is 6.03. The second kappa shape index (κ2) is 12.9. The molecule has 1 heterocycles. The van der Waals surface area contributed by atoms with Crippen LogP contribution in [-0.2, 0) is 23.9 Å².